The lowest BCUT2D eigenvalue weighted by Gasteiger charge is -2.18. The SMILES string of the molecule is NC(=O)NC1CCN(CCC2CCCC2)C1. The third-order valence-electron chi connectivity index (χ3n) is 3.95. The average molecular weight is 225 g/mol. The molecule has 0 radical (unpaired) electrons. The van der Waals surface area contributed by atoms with E-state index >= 15 is 0 Å². The molecule has 1 saturated carbocycles. The molecule has 1 saturated heterocycles. The molecule has 2 aliphatic rings. The van der Waals surface area contributed by atoms with Crippen molar-refractivity contribution >= 4 is 6.03 Å². The Bertz CT molecular complexity index is 238. The van der Waals surface area contributed by atoms with Crippen molar-refractivity contribution in [3.05, 3.63) is 0 Å². The zero-order valence-corrected chi connectivity index (χ0v) is 9.95. The fraction of sp³-hybridized carbons (Fsp3) is 0.917. The number of hydrogen-bond donors (Lipinski definition) is 2. The van der Waals surface area contributed by atoms with Crippen LogP contribution in [0.1, 0.15) is 38.5 Å². The van der Waals surface area contributed by atoms with Crippen molar-refractivity contribution in [3.63, 3.8) is 0 Å². The summed E-state index contributed by atoms with van der Waals surface area (Å²) in [6.07, 6.45) is 8.09. The lowest BCUT2D eigenvalue weighted by Crippen LogP contribution is -2.40. The summed E-state index contributed by atoms with van der Waals surface area (Å²) in [5.41, 5.74) is 5.12. The predicted molar refractivity (Wildman–Crippen MR) is 64.1 cm³/mol. The van der Waals surface area contributed by atoms with Crippen molar-refractivity contribution < 1.29 is 4.79 Å². The van der Waals surface area contributed by atoms with Crippen LogP contribution in [0.4, 0.5) is 4.79 Å². The van der Waals surface area contributed by atoms with Gasteiger partial charge in [-0.05, 0) is 25.3 Å². The molecule has 4 nitrogen and oxygen atoms in total. The highest BCUT2D eigenvalue weighted by molar-refractivity contribution is 5.72. The summed E-state index contributed by atoms with van der Waals surface area (Å²) >= 11 is 0. The van der Waals surface area contributed by atoms with Gasteiger partial charge in [-0.1, -0.05) is 25.7 Å². The molecule has 0 spiro atoms. The Morgan fingerprint density at radius 1 is 1.31 bits per heavy atom. The van der Waals surface area contributed by atoms with Gasteiger partial charge in [0, 0.05) is 19.1 Å². The van der Waals surface area contributed by atoms with E-state index in [4.69, 9.17) is 5.73 Å². The molecule has 1 heterocycles. The Morgan fingerprint density at radius 3 is 2.75 bits per heavy atom. The maximum Gasteiger partial charge on any atom is 0.312 e. The first-order valence-corrected chi connectivity index (χ1v) is 6.52. The summed E-state index contributed by atoms with van der Waals surface area (Å²) < 4.78 is 0. The number of hydrogen-bond acceptors (Lipinski definition) is 2. The van der Waals surface area contributed by atoms with Gasteiger partial charge in [-0.2, -0.15) is 0 Å². The largest absolute Gasteiger partial charge is 0.352 e. The number of likely N-dealkylation sites (tertiary alicyclic amines) is 1. The zero-order valence-electron chi connectivity index (χ0n) is 9.95. The average Bonchev–Trinajstić information content (AvgIpc) is 2.84. The Kier molecular flexibility index (Phi) is 4.04. The number of amides is 2. The smallest absolute Gasteiger partial charge is 0.312 e. The van der Waals surface area contributed by atoms with Crippen LogP contribution in [0.2, 0.25) is 0 Å². The van der Waals surface area contributed by atoms with Crippen molar-refractivity contribution in [2.24, 2.45) is 11.7 Å². The van der Waals surface area contributed by atoms with Crippen LogP contribution in [-0.2, 0) is 0 Å². The van der Waals surface area contributed by atoms with Gasteiger partial charge >= 0.3 is 6.03 Å². The number of urea groups is 1. The van der Waals surface area contributed by atoms with Crippen molar-refractivity contribution in [1.29, 1.82) is 0 Å². The second-order valence-corrected chi connectivity index (χ2v) is 5.23. The van der Waals surface area contributed by atoms with E-state index in [9.17, 15) is 4.79 Å². The Morgan fingerprint density at radius 2 is 2.06 bits per heavy atom. The monoisotopic (exact) mass is 225 g/mol. The summed E-state index contributed by atoms with van der Waals surface area (Å²) in [6, 6.07) is -0.108. The van der Waals surface area contributed by atoms with Crippen LogP contribution in [-0.4, -0.2) is 36.6 Å². The van der Waals surface area contributed by atoms with Crippen LogP contribution in [0.25, 0.3) is 0 Å². The highest BCUT2D eigenvalue weighted by atomic mass is 16.2. The van der Waals surface area contributed by atoms with Crippen molar-refractivity contribution in [2.45, 2.75) is 44.6 Å². The van der Waals surface area contributed by atoms with Crippen molar-refractivity contribution in [2.75, 3.05) is 19.6 Å². The first-order chi connectivity index (χ1) is 7.74. The van der Waals surface area contributed by atoms with E-state index in [0.717, 1.165) is 25.4 Å². The Balaban J connectivity index is 1.62. The van der Waals surface area contributed by atoms with Gasteiger partial charge in [-0.15, -0.1) is 0 Å². The van der Waals surface area contributed by atoms with Crippen LogP contribution in [0.15, 0.2) is 0 Å². The normalized spacial score (nSPS) is 27.4. The van der Waals surface area contributed by atoms with Crippen LogP contribution in [0, 0.1) is 5.92 Å². The number of rotatable bonds is 4. The van der Waals surface area contributed by atoms with Gasteiger partial charge in [0.15, 0.2) is 0 Å². The molecular formula is C12H23N3O. The molecule has 0 aromatic rings. The minimum absolute atomic E-state index is 0.279. The summed E-state index contributed by atoms with van der Waals surface area (Å²) in [4.78, 5) is 13.2. The summed E-state index contributed by atoms with van der Waals surface area (Å²) in [7, 11) is 0. The van der Waals surface area contributed by atoms with E-state index in [1.807, 2.05) is 0 Å². The second kappa shape index (κ2) is 5.53. The summed E-state index contributed by atoms with van der Waals surface area (Å²) in [5.74, 6) is 0.961. The first-order valence-electron chi connectivity index (χ1n) is 6.52. The van der Waals surface area contributed by atoms with Crippen LogP contribution >= 0.6 is 0 Å². The van der Waals surface area contributed by atoms with Gasteiger partial charge in [0.25, 0.3) is 0 Å². The van der Waals surface area contributed by atoms with Gasteiger partial charge in [0.2, 0.25) is 0 Å². The minimum Gasteiger partial charge on any atom is -0.352 e. The molecule has 16 heavy (non-hydrogen) atoms. The Hall–Kier alpha value is -0.770. The number of primary amides is 1. The lowest BCUT2D eigenvalue weighted by molar-refractivity contribution is 0.243. The van der Waals surface area contributed by atoms with E-state index in [2.05, 4.69) is 10.2 Å². The lowest BCUT2D eigenvalue weighted by atomic mass is 10.0. The molecule has 0 aromatic carbocycles. The van der Waals surface area contributed by atoms with Gasteiger partial charge in [-0.3, -0.25) is 0 Å². The molecule has 0 aromatic heterocycles. The standard InChI is InChI=1S/C12H23N3O/c13-12(16)14-11-6-8-15(9-11)7-5-10-3-1-2-4-10/h10-11H,1-9H2,(H3,13,14,16). The predicted octanol–water partition coefficient (Wildman–Crippen LogP) is 1.31. The topological polar surface area (TPSA) is 58.4 Å². The van der Waals surface area contributed by atoms with Gasteiger partial charge in [0.05, 0.1) is 0 Å². The molecule has 92 valence electrons. The van der Waals surface area contributed by atoms with E-state index in [-0.39, 0.29) is 12.1 Å². The number of carbonyl (C=O) groups is 1. The van der Waals surface area contributed by atoms with E-state index in [1.165, 1.54) is 38.6 Å². The molecule has 1 unspecified atom stereocenters. The molecule has 1 aliphatic heterocycles. The summed E-state index contributed by atoms with van der Waals surface area (Å²) in [5, 5.41) is 2.80. The van der Waals surface area contributed by atoms with Crippen LogP contribution in [0.3, 0.4) is 0 Å². The highest BCUT2D eigenvalue weighted by Gasteiger charge is 2.24. The highest BCUT2D eigenvalue weighted by Crippen LogP contribution is 2.28. The maximum absolute atomic E-state index is 10.7. The number of carbonyl (C=O) groups excluding carboxylic acids is 1. The fourth-order valence-corrected chi connectivity index (χ4v) is 3.02. The van der Waals surface area contributed by atoms with Crippen molar-refractivity contribution in [3.8, 4) is 0 Å². The number of nitrogens with zero attached hydrogens (tertiary/aromatic N) is 1. The van der Waals surface area contributed by atoms with E-state index in [0.29, 0.717) is 0 Å². The molecule has 0 bridgehead atoms. The fourth-order valence-electron chi connectivity index (χ4n) is 3.02. The molecule has 1 atom stereocenters. The quantitative estimate of drug-likeness (QED) is 0.758. The Labute approximate surface area is 97.6 Å². The minimum atomic E-state index is -0.386. The maximum atomic E-state index is 10.7. The third-order valence-corrected chi connectivity index (χ3v) is 3.95. The third kappa shape index (κ3) is 3.37. The van der Waals surface area contributed by atoms with E-state index < -0.39 is 0 Å². The summed E-state index contributed by atoms with van der Waals surface area (Å²) in [6.45, 7) is 3.29. The molecular weight excluding hydrogens is 202 g/mol. The molecule has 2 rings (SSSR count). The number of nitrogens with two attached hydrogens (primary N) is 1. The zero-order chi connectivity index (χ0) is 11.4. The molecule has 2 fully saturated rings. The van der Waals surface area contributed by atoms with Crippen LogP contribution < -0.4 is 11.1 Å². The number of nitrogens with one attached hydrogen (secondary N) is 1. The van der Waals surface area contributed by atoms with Crippen LogP contribution in [0.5, 0.6) is 0 Å². The van der Waals surface area contributed by atoms with Gasteiger partial charge in [0.1, 0.15) is 0 Å². The molecule has 1 aliphatic carbocycles. The van der Waals surface area contributed by atoms with Gasteiger partial charge in [-0.25, -0.2) is 4.79 Å². The molecule has 2 amide bonds. The molecule has 4 heteroatoms. The van der Waals surface area contributed by atoms with Gasteiger partial charge < -0.3 is 16.0 Å². The van der Waals surface area contributed by atoms with E-state index in [1.54, 1.807) is 0 Å². The van der Waals surface area contributed by atoms with Crippen molar-refractivity contribution in [1.82, 2.24) is 10.2 Å². The first kappa shape index (κ1) is 11.7. The molecule has 3 N–H and O–H groups in total. The second-order valence-electron chi connectivity index (χ2n) is 5.23.